The maximum atomic E-state index is 12.7. The molecule has 2 atom stereocenters. The van der Waals surface area contributed by atoms with E-state index in [2.05, 4.69) is 27.3 Å². The van der Waals surface area contributed by atoms with Crippen LogP contribution in [0.3, 0.4) is 0 Å². The molecule has 0 saturated carbocycles. The Morgan fingerprint density at radius 1 is 1.36 bits per heavy atom. The SMILES string of the molecule is Cc1nc2n(n1)C(c1cccnc1)C1=C(CC(C)CC1=O)N2. The van der Waals surface area contributed by atoms with E-state index >= 15 is 0 Å². The minimum Gasteiger partial charge on any atom is -0.328 e. The molecule has 0 saturated heterocycles. The minimum absolute atomic E-state index is 0.189. The smallest absolute Gasteiger partial charge is 0.226 e. The van der Waals surface area contributed by atoms with E-state index in [4.69, 9.17) is 0 Å². The number of ketones is 1. The number of hydrogen-bond donors (Lipinski definition) is 1. The highest BCUT2D eigenvalue weighted by Crippen LogP contribution is 2.40. The summed E-state index contributed by atoms with van der Waals surface area (Å²) in [5.74, 6) is 1.93. The molecule has 6 nitrogen and oxygen atoms in total. The standard InChI is InChI=1S/C16H17N5O/c1-9-6-12-14(13(22)7-9)15(11-4-3-5-17-8-11)21-16(19-12)18-10(2)20-21/h3-5,8-9,15H,6-7H2,1-2H3,(H,18,19,20). The first-order valence-corrected chi connectivity index (χ1v) is 7.50. The van der Waals surface area contributed by atoms with Gasteiger partial charge in [0.25, 0.3) is 0 Å². The van der Waals surface area contributed by atoms with E-state index in [9.17, 15) is 4.79 Å². The van der Waals surface area contributed by atoms with Crippen LogP contribution in [-0.4, -0.2) is 25.5 Å². The van der Waals surface area contributed by atoms with Gasteiger partial charge in [-0.25, -0.2) is 4.68 Å². The third-order valence-corrected chi connectivity index (χ3v) is 4.23. The molecule has 2 aromatic rings. The summed E-state index contributed by atoms with van der Waals surface area (Å²) in [5.41, 5.74) is 2.76. The molecule has 1 aliphatic carbocycles. The zero-order valence-electron chi connectivity index (χ0n) is 12.6. The van der Waals surface area contributed by atoms with Gasteiger partial charge >= 0.3 is 0 Å². The molecule has 2 unspecified atom stereocenters. The Bertz CT molecular complexity index is 777. The van der Waals surface area contributed by atoms with E-state index in [0.29, 0.717) is 24.1 Å². The van der Waals surface area contributed by atoms with Crippen molar-refractivity contribution < 1.29 is 4.79 Å². The minimum atomic E-state index is -0.235. The van der Waals surface area contributed by atoms with Gasteiger partial charge in [0.2, 0.25) is 5.95 Å². The topological polar surface area (TPSA) is 72.7 Å². The first kappa shape index (κ1) is 13.2. The second kappa shape index (κ2) is 4.76. The monoisotopic (exact) mass is 295 g/mol. The molecule has 1 aliphatic heterocycles. The highest BCUT2D eigenvalue weighted by atomic mass is 16.1. The van der Waals surface area contributed by atoms with Crippen molar-refractivity contribution in [2.75, 3.05) is 5.32 Å². The van der Waals surface area contributed by atoms with Crippen molar-refractivity contribution in [1.82, 2.24) is 19.7 Å². The third-order valence-electron chi connectivity index (χ3n) is 4.23. The van der Waals surface area contributed by atoms with Gasteiger partial charge in [-0.05, 0) is 30.9 Å². The molecule has 0 bridgehead atoms. The van der Waals surface area contributed by atoms with Gasteiger partial charge in [0.1, 0.15) is 11.9 Å². The Morgan fingerprint density at radius 2 is 2.23 bits per heavy atom. The van der Waals surface area contributed by atoms with Crippen molar-refractivity contribution in [2.24, 2.45) is 5.92 Å². The Hall–Kier alpha value is -2.50. The summed E-state index contributed by atoms with van der Waals surface area (Å²) in [4.78, 5) is 21.3. The lowest BCUT2D eigenvalue weighted by atomic mass is 9.81. The van der Waals surface area contributed by atoms with Crippen molar-refractivity contribution in [3.8, 4) is 0 Å². The summed E-state index contributed by atoms with van der Waals surface area (Å²) < 4.78 is 1.80. The van der Waals surface area contributed by atoms with E-state index in [-0.39, 0.29) is 11.8 Å². The average molecular weight is 295 g/mol. The zero-order valence-corrected chi connectivity index (χ0v) is 12.6. The van der Waals surface area contributed by atoms with Crippen molar-refractivity contribution in [2.45, 2.75) is 32.7 Å². The summed E-state index contributed by atoms with van der Waals surface area (Å²) in [6.07, 6.45) is 4.98. The average Bonchev–Trinajstić information content (AvgIpc) is 2.85. The van der Waals surface area contributed by atoms with Gasteiger partial charge in [-0.15, -0.1) is 0 Å². The van der Waals surface area contributed by atoms with Crippen LogP contribution < -0.4 is 5.32 Å². The maximum Gasteiger partial charge on any atom is 0.226 e. The van der Waals surface area contributed by atoms with Crippen LogP contribution in [0, 0.1) is 12.8 Å². The van der Waals surface area contributed by atoms with Crippen LogP contribution in [0.15, 0.2) is 35.8 Å². The lowest BCUT2D eigenvalue weighted by Crippen LogP contribution is -2.33. The highest BCUT2D eigenvalue weighted by Gasteiger charge is 2.38. The lowest BCUT2D eigenvalue weighted by molar-refractivity contribution is -0.117. The summed E-state index contributed by atoms with van der Waals surface area (Å²) in [6.45, 7) is 3.96. The molecule has 0 aromatic carbocycles. The molecule has 2 aliphatic rings. The van der Waals surface area contributed by atoms with Crippen molar-refractivity contribution in [1.29, 1.82) is 0 Å². The highest BCUT2D eigenvalue weighted by molar-refractivity contribution is 5.99. The number of rotatable bonds is 1. The normalized spacial score (nSPS) is 23.8. The molecule has 22 heavy (non-hydrogen) atoms. The summed E-state index contributed by atoms with van der Waals surface area (Å²) >= 11 is 0. The van der Waals surface area contributed by atoms with Crippen LogP contribution in [-0.2, 0) is 4.79 Å². The molecule has 0 fully saturated rings. The fourth-order valence-corrected chi connectivity index (χ4v) is 3.36. The maximum absolute atomic E-state index is 12.7. The quantitative estimate of drug-likeness (QED) is 0.873. The van der Waals surface area contributed by atoms with Gasteiger partial charge < -0.3 is 5.32 Å². The molecule has 0 radical (unpaired) electrons. The van der Waals surface area contributed by atoms with Gasteiger partial charge in [0.05, 0.1) is 0 Å². The Morgan fingerprint density at radius 3 is 3.00 bits per heavy atom. The number of aromatic nitrogens is 4. The van der Waals surface area contributed by atoms with E-state index < -0.39 is 0 Å². The van der Waals surface area contributed by atoms with Gasteiger partial charge in [-0.3, -0.25) is 9.78 Å². The number of anilines is 1. The molecule has 3 heterocycles. The van der Waals surface area contributed by atoms with E-state index in [0.717, 1.165) is 23.3 Å². The van der Waals surface area contributed by atoms with E-state index in [1.165, 1.54) is 0 Å². The van der Waals surface area contributed by atoms with Gasteiger partial charge in [0, 0.05) is 30.1 Å². The number of fused-ring (bicyclic) bond motifs is 1. The van der Waals surface area contributed by atoms with Crippen LogP contribution in [0.4, 0.5) is 5.95 Å². The number of Topliss-reactive ketones (excluding diaryl/α,β-unsaturated/α-hetero) is 1. The van der Waals surface area contributed by atoms with Crippen molar-refractivity contribution in [3.05, 3.63) is 47.2 Å². The number of nitrogens with one attached hydrogen (secondary N) is 1. The fraction of sp³-hybridized carbons (Fsp3) is 0.375. The van der Waals surface area contributed by atoms with Gasteiger partial charge in [-0.2, -0.15) is 10.1 Å². The number of hydrogen-bond acceptors (Lipinski definition) is 5. The number of aryl methyl sites for hydroxylation is 1. The molecule has 112 valence electrons. The van der Waals surface area contributed by atoms with Crippen LogP contribution in [0.5, 0.6) is 0 Å². The lowest BCUT2D eigenvalue weighted by Gasteiger charge is -2.33. The first-order valence-electron chi connectivity index (χ1n) is 7.50. The second-order valence-electron chi connectivity index (χ2n) is 6.07. The summed E-state index contributed by atoms with van der Waals surface area (Å²) in [5, 5.41) is 7.79. The Labute approximate surface area is 128 Å². The van der Waals surface area contributed by atoms with Crippen LogP contribution in [0.2, 0.25) is 0 Å². The largest absolute Gasteiger partial charge is 0.328 e. The molecular formula is C16H17N5O. The summed E-state index contributed by atoms with van der Waals surface area (Å²) in [6, 6.07) is 3.64. The molecular weight excluding hydrogens is 278 g/mol. The van der Waals surface area contributed by atoms with Gasteiger partial charge in [-0.1, -0.05) is 13.0 Å². The second-order valence-corrected chi connectivity index (χ2v) is 6.07. The molecule has 6 heteroatoms. The summed E-state index contributed by atoms with van der Waals surface area (Å²) in [7, 11) is 0. The molecule has 1 N–H and O–H groups in total. The van der Waals surface area contributed by atoms with Crippen molar-refractivity contribution in [3.63, 3.8) is 0 Å². The first-order chi connectivity index (χ1) is 10.6. The molecule has 2 aromatic heterocycles. The number of pyridine rings is 1. The molecule has 0 amide bonds. The predicted octanol–water partition coefficient (Wildman–Crippen LogP) is 2.25. The predicted molar refractivity (Wildman–Crippen MR) is 81.2 cm³/mol. The molecule has 0 spiro atoms. The Balaban J connectivity index is 1.92. The van der Waals surface area contributed by atoms with Gasteiger partial charge in [0.15, 0.2) is 5.78 Å². The zero-order chi connectivity index (χ0) is 15.3. The number of allylic oxidation sites excluding steroid dienone is 2. The Kier molecular flexibility index (Phi) is 2.85. The number of carbonyl (C=O) groups is 1. The molecule has 4 rings (SSSR count). The van der Waals surface area contributed by atoms with Crippen LogP contribution >= 0.6 is 0 Å². The van der Waals surface area contributed by atoms with E-state index in [1.54, 1.807) is 17.1 Å². The number of carbonyl (C=O) groups excluding carboxylic acids is 1. The van der Waals surface area contributed by atoms with Crippen LogP contribution in [0.25, 0.3) is 0 Å². The van der Waals surface area contributed by atoms with Crippen molar-refractivity contribution >= 4 is 11.7 Å². The van der Waals surface area contributed by atoms with E-state index in [1.807, 2.05) is 19.1 Å². The fourth-order valence-electron chi connectivity index (χ4n) is 3.36. The third kappa shape index (κ3) is 1.94. The van der Waals surface area contributed by atoms with Crippen LogP contribution in [0.1, 0.15) is 37.2 Å². The number of nitrogens with zero attached hydrogens (tertiary/aromatic N) is 4.